The quantitative estimate of drug-likeness (QED) is 0.928. The number of hydrogen-bond donors (Lipinski definition) is 1. The van der Waals surface area contributed by atoms with Gasteiger partial charge in [-0.1, -0.05) is 12.5 Å². The van der Waals surface area contributed by atoms with E-state index in [1.165, 1.54) is 20.0 Å². The summed E-state index contributed by atoms with van der Waals surface area (Å²) in [5.41, 5.74) is -1.53. The molecular weight excluding hydrogens is 280 g/mol. The smallest absolute Gasteiger partial charge is 0.326 e. The van der Waals surface area contributed by atoms with Crippen molar-refractivity contribution in [2.45, 2.75) is 37.6 Å². The number of rotatable bonds is 4. The third-order valence-corrected chi connectivity index (χ3v) is 4.32. The van der Waals surface area contributed by atoms with E-state index < -0.39 is 35.0 Å². The van der Waals surface area contributed by atoms with Crippen molar-refractivity contribution in [3.05, 3.63) is 35.4 Å². The van der Waals surface area contributed by atoms with Gasteiger partial charge in [0.15, 0.2) is 0 Å². The van der Waals surface area contributed by atoms with Crippen LogP contribution in [0.25, 0.3) is 0 Å². The first-order valence-corrected chi connectivity index (χ1v) is 6.76. The highest BCUT2D eigenvalue weighted by Gasteiger charge is 2.51. The number of nitrogens with zero attached hydrogens (tertiary/aromatic N) is 1. The van der Waals surface area contributed by atoms with Gasteiger partial charge in [-0.15, -0.1) is 0 Å². The van der Waals surface area contributed by atoms with Gasteiger partial charge in [-0.25, -0.2) is 13.6 Å². The number of carboxylic acids is 1. The van der Waals surface area contributed by atoms with Gasteiger partial charge < -0.3 is 10.0 Å². The molecule has 1 aromatic carbocycles. The Balaban J connectivity index is 2.43. The van der Waals surface area contributed by atoms with Crippen LogP contribution in [-0.2, 0) is 15.0 Å². The molecule has 1 aliphatic rings. The van der Waals surface area contributed by atoms with Crippen LogP contribution >= 0.6 is 0 Å². The number of halogens is 2. The molecule has 0 heterocycles. The third kappa shape index (κ3) is 2.39. The van der Waals surface area contributed by atoms with Crippen molar-refractivity contribution < 1.29 is 23.5 Å². The topological polar surface area (TPSA) is 57.6 Å². The molecule has 1 N–H and O–H groups in total. The second-order valence-electron chi connectivity index (χ2n) is 5.46. The second-order valence-corrected chi connectivity index (χ2v) is 5.46. The molecule has 1 fully saturated rings. The molecule has 4 nitrogen and oxygen atoms in total. The molecule has 1 aromatic rings. The van der Waals surface area contributed by atoms with E-state index >= 15 is 0 Å². The van der Waals surface area contributed by atoms with Gasteiger partial charge >= 0.3 is 5.97 Å². The van der Waals surface area contributed by atoms with Crippen LogP contribution in [0.5, 0.6) is 0 Å². The Morgan fingerprint density at radius 3 is 2.19 bits per heavy atom. The van der Waals surface area contributed by atoms with Gasteiger partial charge in [-0.05, 0) is 31.9 Å². The first-order valence-electron chi connectivity index (χ1n) is 6.76. The second kappa shape index (κ2) is 5.42. The molecule has 0 aromatic heterocycles. The molecule has 0 bridgehead atoms. The number of likely N-dealkylation sites (N-methyl/N-ethyl adjacent to an activating group) is 1. The average Bonchev–Trinajstić information content (AvgIpc) is 2.38. The van der Waals surface area contributed by atoms with Crippen LogP contribution in [0.2, 0.25) is 0 Å². The Kier molecular flexibility index (Phi) is 3.98. The maximum atomic E-state index is 14.0. The van der Waals surface area contributed by atoms with E-state index in [1.807, 2.05) is 0 Å². The molecule has 1 unspecified atom stereocenters. The summed E-state index contributed by atoms with van der Waals surface area (Å²) >= 11 is 0. The lowest BCUT2D eigenvalue weighted by atomic mass is 9.63. The highest BCUT2D eigenvalue weighted by atomic mass is 19.1. The fraction of sp³-hybridized carbons (Fsp3) is 0.467. The van der Waals surface area contributed by atoms with Gasteiger partial charge in [0.2, 0.25) is 5.91 Å². The molecule has 114 valence electrons. The fourth-order valence-electron chi connectivity index (χ4n) is 2.74. The summed E-state index contributed by atoms with van der Waals surface area (Å²) in [4.78, 5) is 24.7. The minimum absolute atomic E-state index is 0.245. The lowest BCUT2D eigenvalue weighted by Crippen LogP contribution is -2.54. The van der Waals surface area contributed by atoms with Crippen molar-refractivity contribution in [3.63, 3.8) is 0 Å². The summed E-state index contributed by atoms with van der Waals surface area (Å²) in [6.45, 7) is 1.37. The molecule has 1 aliphatic carbocycles. The first kappa shape index (κ1) is 15.4. The van der Waals surface area contributed by atoms with E-state index in [-0.39, 0.29) is 5.56 Å². The number of carbonyl (C=O) groups excluding carboxylic acids is 1. The fourth-order valence-corrected chi connectivity index (χ4v) is 2.74. The molecule has 0 radical (unpaired) electrons. The zero-order chi connectivity index (χ0) is 15.8. The minimum atomic E-state index is -1.28. The molecule has 1 amide bonds. The maximum absolute atomic E-state index is 14.0. The van der Waals surface area contributed by atoms with Crippen molar-refractivity contribution in [2.24, 2.45) is 0 Å². The Morgan fingerprint density at radius 1 is 1.29 bits per heavy atom. The number of amides is 1. The Labute approximate surface area is 121 Å². The van der Waals surface area contributed by atoms with Gasteiger partial charge in [0.05, 0.1) is 5.41 Å². The monoisotopic (exact) mass is 297 g/mol. The van der Waals surface area contributed by atoms with Crippen LogP contribution in [0, 0.1) is 11.6 Å². The standard InChI is InChI=1S/C15H17F2NO3/c1-9(13(19)20)18(2)14(21)15(7-4-8-15)12-10(16)5-3-6-11(12)17/h3,5-6,9H,4,7-8H2,1-2H3,(H,19,20). The molecule has 0 aliphatic heterocycles. The Hall–Kier alpha value is -1.98. The van der Waals surface area contributed by atoms with E-state index in [2.05, 4.69) is 0 Å². The highest BCUT2D eigenvalue weighted by Crippen LogP contribution is 2.47. The highest BCUT2D eigenvalue weighted by molar-refractivity contribution is 5.92. The van der Waals surface area contributed by atoms with Crippen molar-refractivity contribution in [1.29, 1.82) is 0 Å². The van der Waals surface area contributed by atoms with Crippen molar-refractivity contribution >= 4 is 11.9 Å². The zero-order valence-corrected chi connectivity index (χ0v) is 11.9. The van der Waals surface area contributed by atoms with Gasteiger partial charge in [0.1, 0.15) is 17.7 Å². The Bertz CT molecular complexity index is 564. The number of benzene rings is 1. The van der Waals surface area contributed by atoms with Crippen LogP contribution in [0.15, 0.2) is 18.2 Å². The predicted octanol–water partition coefficient (Wildman–Crippen LogP) is 2.32. The van der Waals surface area contributed by atoms with E-state index in [4.69, 9.17) is 5.11 Å². The normalized spacial score (nSPS) is 17.7. The third-order valence-electron chi connectivity index (χ3n) is 4.32. The largest absolute Gasteiger partial charge is 0.480 e. The first-order chi connectivity index (χ1) is 9.81. The summed E-state index contributed by atoms with van der Waals surface area (Å²) in [6, 6.07) is 2.43. The van der Waals surface area contributed by atoms with Crippen LogP contribution in [0.3, 0.4) is 0 Å². The van der Waals surface area contributed by atoms with Crippen molar-refractivity contribution in [2.75, 3.05) is 7.05 Å². The maximum Gasteiger partial charge on any atom is 0.326 e. The predicted molar refractivity (Wildman–Crippen MR) is 71.8 cm³/mol. The van der Waals surface area contributed by atoms with Gasteiger partial charge in [-0.3, -0.25) is 4.79 Å². The van der Waals surface area contributed by atoms with Crippen molar-refractivity contribution in [1.82, 2.24) is 4.90 Å². The molecule has 1 atom stereocenters. The molecule has 2 rings (SSSR count). The van der Waals surface area contributed by atoms with E-state index in [1.54, 1.807) is 0 Å². The van der Waals surface area contributed by atoms with Crippen LogP contribution < -0.4 is 0 Å². The van der Waals surface area contributed by atoms with Gasteiger partial charge in [0, 0.05) is 12.6 Å². The van der Waals surface area contributed by atoms with Crippen LogP contribution in [-0.4, -0.2) is 35.0 Å². The number of hydrogen-bond acceptors (Lipinski definition) is 2. The summed E-state index contributed by atoms with van der Waals surface area (Å²) in [5, 5.41) is 9.00. The van der Waals surface area contributed by atoms with E-state index in [0.29, 0.717) is 19.3 Å². The van der Waals surface area contributed by atoms with E-state index in [9.17, 15) is 18.4 Å². The lowest BCUT2D eigenvalue weighted by molar-refractivity contribution is -0.152. The molecule has 21 heavy (non-hydrogen) atoms. The number of aliphatic carboxylic acids is 1. The Morgan fingerprint density at radius 2 is 1.81 bits per heavy atom. The summed E-state index contributed by atoms with van der Waals surface area (Å²) in [5.74, 6) is -3.24. The average molecular weight is 297 g/mol. The minimum Gasteiger partial charge on any atom is -0.480 e. The van der Waals surface area contributed by atoms with E-state index in [0.717, 1.165) is 17.0 Å². The number of carbonyl (C=O) groups is 2. The van der Waals surface area contributed by atoms with Crippen molar-refractivity contribution in [3.8, 4) is 0 Å². The van der Waals surface area contributed by atoms with Gasteiger partial charge in [-0.2, -0.15) is 0 Å². The van der Waals surface area contributed by atoms with Crippen LogP contribution in [0.4, 0.5) is 8.78 Å². The zero-order valence-electron chi connectivity index (χ0n) is 11.9. The SMILES string of the molecule is CC(C(=O)O)N(C)C(=O)C1(c2c(F)cccc2F)CCC1. The summed E-state index contributed by atoms with van der Waals surface area (Å²) in [6.07, 6.45) is 1.32. The molecular formula is C15H17F2NO3. The molecule has 1 saturated carbocycles. The lowest BCUT2D eigenvalue weighted by Gasteiger charge is -2.44. The van der Waals surface area contributed by atoms with Gasteiger partial charge in [0.25, 0.3) is 0 Å². The van der Waals surface area contributed by atoms with Crippen LogP contribution in [0.1, 0.15) is 31.7 Å². The number of carboxylic acid groups (broad SMARTS) is 1. The summed E-state index contributed by atoms with van der Waals surface area (Å²) < 4.78 is 28.0. The molecule has 6 heteroatoms. The summed E-state index contributed by atoms with van der Waals surface area (Å²) in [7, 11) is 1.35. The molecule has 0 saturated heterocycles. The molecule has 0 spiro atoms.